The summed E-state index contributed by atoms with van der Waals surface area (Å²) in [5.74, 6) is 0.614. The molecule has 0 fully saturated rings. The van der Waals surface area contributed by atoms with E-state index in [1.165, 1.54) is 0 Å². The lowest BCUT2D eigenvalue weighted by molar-refractivity contribution is -0.145. The fourth-order valence-corrected chi connectivity index (χ4v) is 1.40. The molecule has 0 bridgehead atoms. The van der Waals surface area contributed by atoms with Crippen LogP contribution in [0.3, 0.4) is 0 Å². The Morgan fingerprint density at radius 1 is 1.39 bits per heavy atom. The van der Waals surface area contributed by atoms with E-state index in [4.69, 9.17) is 19.6 Å². The van der Waals surface area contributed by atoms with E-state index < -0.39 is 5.97 Å². The maximum atomic E-state index is 11.2. The summed E-state index contributed by atoms with van der Waals surface area (Å²) < 4.78 is 15.2. The molecule has 5 nitrogen and oxygen atoms in total. The van der Waals surface area contributed by atoms with Gasteiger partial charge in [0, 0.05) is 17.3 Å². The Kier molecular flexibility index (Phi) is 5.17. The van der Waals surface area contributed by atoms with Crippen molar-refractivity contribution in [3.8, 4) is 11.5 Å². The Hall–Kier alpha value is -2.04. The number of carbonyl (C=O) groups is 1. The lowest BCUT2D eigenvalue weighted by Gasteiger charge is -2.11. The molecule has 0 aliphatic rings. The molecule has 0 saturated heterocycles. The van der Waals surface area contributed by atoms with E-state index >= 15 is 0 Å². The molecule has 0 aliphatic carbocycles. The maximum Gasteiger partial charge on any atom is 0.344 e. The van der Waals surface area contributed by atoms with E-state index in [9.17, 15) is 4.79 Å². The zero-order valence-electron chi connectivity index (χ0n) is 10.8. The average molecular weight is 251 g/mol. The first-order valence-electron chi connectivity index (χ1n) is 5.60. The van der Waals surface area contributed by atoms with Crippen molar-refractivity contribution in [2.75, 3.05) is 20.3 Å². The molecule has 0 unspecified atom stereocenters. The number of rotatable bonds is 6. The molecule has 0 heterocycles. The average Bonchev–Trinajstić information content (AvgIpc) is 2.36. The molecule has 0 radical (unpaired) electrons. The lowest BCUT2D eigenvalue weighted by atomic mass is 10.1. The van der Waals surface area contributed by atoms with Crippen molar-refractivity contribution in [1.82, 2.24) is 0 Å². The first-order valence-corrected chi connectivity index (χ1v) is 5.60. The van der Waals surface area contributed by atoms with Crippen molar-refractivity contribution >= 4 is 11.7 Å². The van der Waals surface area contributed by atoms with Crippen molar-refractivity contribution in [3.63, 3.8) is 0 Å². The number of carbonyl (C=O) groups excluding carboxylic acids is 1. The summed E-state index contributed by atoms with van der Waals surface area (Å²) in [5.41, 5.74) is 0.983. The number of esters is 1. The molecule has 0 spiro atoms. The minimum absolute atomic E-state index is 0.179. The summed E-state index contributed by atoms with van der Waals surface area (Å²) in [7, 11) is 1.54. The molecular weight excluding hydrogens is 234 g/mol. The minimum Gasteiger partial charge on any atom is -0.497 e. The third-order valence-corrected chi connectivity index (χ3v) is 2.24. The molecule has 0 aliphatic heterocycles. The topological polar surface area (TPSA) is 68.6 Å². The number of benzene rings is 1. The van der Waals surface area contributed by atoms with Crippen molar-refractivity contribution in [2.45, 2.75) is 13.8 Å². The van der Waals surface area contributed by atoms with Crippen LogP contribution in [0.2, 0.25) is 0 Å². The van der Waals surface area contributed by atoms with Crippen LogP contribution in [-0.2, 0) is 9.53 Å². The highest BCUT2D eigenvalue weighted by atomic mass is 16.6. The zero-order valence-corrected chi connectivity index (χ0v) is 10.8. The van der Waals surface area contributed by atoms with Crippen molar-refractivity contribution in [1.29, 1.82) is 5.41 Å². The van der Waals surface area contributed by atoms with Crippen LogP contribution in [0.4, 0.5) is 0 Å². The van der Waals surface area contributed by atoms with Gasteiger partial charge in [0.2, 0.25) is 0 Å². The smallest absolute Gasteiger partial charge is 0.344 e. The van der Waals surface area contributed by atoms with E-state index in [2.05, 4.69) is 0 Å². The highest BCUT2D eigenvalue weighted by Gasteiger charge is 2.10. The second-order valence-corrected chi connectivity index (χ2v) is 3.58. The van der Waals surface area contributed by atoms with Gasteiger partial charge in [-0.1, -0.05) is 0 Å². The standard InChI is InChI=1S/C13H17NO4/c1-4-17-13(15)8-18-12-7-10(16-3)5-6-11(12)9(2)14/h5-7,14H,4,8H2,1-3H3. The summed E-state index contributed by atoms with van der Waals surface area (Å²) in [6, 6.07) is 5.11. The predicted molar refractivity (Wildman–Crippen MR) is 67.6 cm³/mol. The van der Waals surface area contributed by atoms with Crippen LogP contribution in [0.25, 0.3) is 0 Å². The van der Waals surface area contributed by atoms with Gasteiger partial charge in [-0.15, -0.1) is 0 Å². The normalized spacial score (nSPS) is 9.72. The summed E-state index contributed by atoms with van der Waals surface area (Å²) >= 11 is 0. The summed E-state index contributed by atoms with van der Waals surface area (Å²) in [6.45, 7) is 3.52. The van der Waals surface area contributed by atoms with E-state index in [1.807, 2.05) is 0 Å². The van der Waals surface area contributed by atoms with Gasteiger partial charge in [0.05, 0.1) is 13.7 Å². The van der Waals surface area contributed by atoms with Crippen LogP contribution in [0.15, 0.2) is 18.2 Å². The number of ether oxygens (including phenoxy) is 3. The summed E-state index contributed by atoms with van der Waals surface area (Å²) in [4.78, 5) is 11.2. The van der Waals surface area contributed by atoms with Gasteiger partial charge in [-0.25, -0.2) is 4.79 Å². The van der Waals surface area contributed by atoms with Gasteiger partial charge in [-0.2, -0.15) is 0 Å². The Labute approximate surface area is 106 Å². The molecule has 1 N–H and O–H groups in total. The quantitative estimate of drug-likeness (QED) is 0.620. The van der Waals surface area contributed by atoms with Crippen molar-refractivity contribution < 1.29 is 19.0 Å². The maximum absolute atomic E-state index is 11.2. The van der Waals surface area contributed by atoms with Crippen LogP contribution in [-0.4, -0.2) is 32.0 Å². The Balaban J connectivity index is 2.84. The van der Waals surface area contributed by atoms with Crippen molar-refractivity contribution in [2.24, 2.45) is 0 Å². The molecule has 18 heavy (non-hydrogen) atoms. The van der Waals surface area contributed by atoms with E-state index in [0.717, 1.165) is 0 Å². The fraction of sp³-hybridized carbons (Fsp3) is 0.385. The molecule has 1 rings (SSSR count). The SMILES string of the molecule is CCOC(=O)COc1cc(OC)ccc1C(C)=N. The van der Waals surface area contributed by atoms with E-state index in [1.54, 1.807) is 39.2 Å². The van der Waals surface area contributed by atoms with Gasteiger partial charge in [0.1, 0.15) is 11.5 Å². The Bertz CT molecular complexity index is 443. The second kappa shape index (κ2) is 6.64. The van der Waals surface area contributed by atoms with Gasteiger partial charge >= 0.3 is 5.97 Å². The molecular formula is C13H17NO4. The number of hydrogen-bond donors (Lipinski definition) is 1. The van der Waals surface area contributed by atoms with Crippen LogP contribution in [0.1, 0.15) is 19.4 Å². The summed E-state index contributed by atoms with van der Waals surface area (Å²) in [6.07, 6.45) is 0. The zero-order chi connectivity index (χ0) is 13.5. The van der Waals surface area contributed by atoms with Crippen LogP contribution < -0.4 is 9.47 Å². The number of hydrogen-bond acceptors (Lipinski definition) is 5. The highest BCUT2D eigenvalue weighted by Crippen LogP contribution is 2.25. The Morgan fingerprint density at radius 2 is 2.11 bits per heavy atom. The lowest BCUT2D eigenvalue weighted by Crippen LogP contribution is -2.15. The molecule has 0 atom stereocenters. The summed E-state index contributed by atoms with van der Waals surface area (Å²) in [5, 5.41) is 7.63. The van der Waals surface area contributed by atoms with Crippen LogP contribution >= 0.6 is 0 Å². The molecule has 0 amide bonds. The van der Waals surface area contributed by atoms with Gasteiger partial charge in [0.15, 0.2) is 6.61 Å². The minimum atomic E-state index is -0.436. The molecule has 0 saturated carbocycles. The first-order chi connectivity index (χ1) is 8.58. The molecule has 1 aromatic rings. The second-order valence-electron chi connectivity index (χ2n) is 3.58. The van der Waals surface area contributed by atoms with Gasteiger partial charge in [0.25, 0.3) is 0 Å². The first kappa shape index (κ1) is 14.0. The monoisotopic (exact) mass is 251 g/mol. The molecule has 0 aromatic heterocycles. The molecule has 5 heteroatoms. The van der Waals surface area contributed by atoms with E-state index in [0.29, 0.717) is 29.4 Å². The van der Waals surface area contributed by atoms with Crippen LogP contribution in [0, 0.1) is 5.41 Å². The largest absolute Gasteiger partial charge is 0.497 e. The van der Waals surface area contributed by atoms with Crippen LogP contribution in [0.5, 0.6) is 11.5 Å². The highest BCUT2D eigenvalue weighted by molar-refractivity contribution is 5.99. The third-order valence-electron chi connectivity index (χ3n) is 2.24. The van der Waals surface area contributed by atoms with Gasteiger partial charge in [-0.05, 0) is 26.0 Å². The van der Waals surface area contributed by atoms with Gasteiger partial charge < -0.3 is 19.6 Å². The van der Waals surface area contributed by atoms with Crippen molar-refractivity contribution in [3.05, 3.63) is 23.8 Å². The fourth-order valence-electron chi connectivity index (χ4n) is 1.40. The molecule has 98 valence electrons. The Morgan fingerprint density at radius 3 is 2.67 bits per heavy atom. The number of nitrogens with one attached hydrogen (secondary N) is 1. The molecule has 1 aromatic carbocycles. The third kappa shape index (κ3) is 3.76. The van der Waals surface area contributed by atoms with Gasteiger partial charge in [-0.3, -0.25) is 0 Å². The number of methoxy groups -OCH3 is 1. The van der Waals surface area contributed by atoms with E-state index in [-0.39, 0.29) is 6.61 Å². The predicted octanol–water partition coefficient (Wildman–Crippen LogP) is 2.02.